The first-order chi connectivity index (χ1) is 15.3. The van der Waals surface area contributed by atoms with E-state index in [-0.39, 0.29) is 35.8 Å². The van der Waals surface area contributed by atoms with E-state index in [1.165, 1.54) is 12.1 Å². The molecule has 1 aliphatic heterocycles. The lowest BCUT2D eigenvalue weighted by molar-refractivity contribution is -0.139. The standard InChI is InChI=1S/C24H26F3N3O2/c25-24(26,27)21-9-5-4-8-18(21)19-14-20(19)23(32)30-12-10-29(11-13-30)16-22(31)28-15-17-6-2-1-3-7-17/h1-9,19-20H,10-16H2,(H,28,31). The van der Waals surface area contributed by atoms with Crippen LogP contribution in [-0.2, 0) is 22.3 Å². The highest BCUT2D eigenvalue weighted by atomic mass is 19.4. The zero-order valence-electron chi connectivity index (χ0n) is 17.6. The fourth-order valence-electron chi connectivity index (χ4n) is 4.31. The minimum atomic E-state index is -4.42. The van der Waals surface area contributed by atoms with Gasteiger partial charge in [0.05, 0.1) is 12.1 Å². The quantitative estimate of drug-likeness (QED) is 0.743. The van der Waals surface area contributed by atoms with Crippen molar-refractivity contribution in [2.45, 2.75) is 25.1 Å². The van der Waals surface area contributed by atoms with Crippen molar-refractivity contribution in [2.75, 3.05) is 32.7 Å². The van der Waals surface area contributed by atoms with Crippen LogP contribution in [0.2, 0.25) is 0 Å². The van der Waals surface area contributed by atoms with Crippen LogP contribution in [0.25, 0.3) is 0 Å². The molecule has 0 radical (unpaired) electrons. The molecule has 2 amide bonds. The maximum absolute atomic E-state index is 13.3. The highest BCUT2D eigenvalue weighted by molar-refractivity contribution is 5.83. The number of rotatable bonds is 6. The minimum absolute atomic E-state index is 0.0698. The molecule has 32 heavy (non-hydrogen) atoms. The van der Waals surface area contributed by atoms with Crippen LogP contribution in [0.15, 0.2) is 54.6 Å². The summed E-state index contributed by atoms with van der Waals surface area (Å²) in [5, 5.41) is 2.90. The first-order valence-corrected chi connectivity index (χ1v) is 10.8. The maximum atomic E-state index is 13.3. The lowest BCUT2D eigenvalue weighted by Crippen LogP contribution is -2.51. The Balaban J connectivity index is 1.24. The number of hydrogen-bond donors (Lipinski definition) is 1. The fourth-order valence-corrected chi connectivity index (χ4v) is 4.31. The maximum Gasteiger partial charge on any atom is 0.416 e. The van der Waals surface area contributed by atoms with Gasteiger partial charge in [0.1, 0.15) is 0 Å². The average molecular weight is 445 g/mol. The summed E-state index contributed by atoms with van der Waals surface area (Å²) in [6, 6.07) is 15.2. The summed E-state index contributed by atoms with van der Waals surface area (Å²) in [4.78, 5) is 28.8. The summed E-state index contributed by atoms with van der Waals surface area (Å²) in [5.41, 5.74) is 0.598. The van der Waals surface area contributed by atoms with Crippen LogP contribution in [0.1, 0.15) is 29.0 Å². The van der Waals surface area contributed by atoms with Gasteiger partial charge in [-0.05, 0) is 29.5 Å². The van der Waals surface area contributed by atoms with Gasteiger partial charge in [-0.3, -0.25) is 14.5 Å². The molecule has 2 fully saturated rings. The Morgan fingerprint density at radius 1 is 0.938 bits per heavy atom. The van der Waals surface area contributed by atoms with Crippen molar-refractivity contribution in [3.63, 3.8) is 0 Å². The van der Waals surface area contributed by atoms with Gasteiger partial charge in [0.15, 0.2) is 0 Å². The van der Waals surface area contributed by atoms with Crippen molar-refractivity contribution >= 4 is 11.8 Å². The van der Waals surface area contributed by atoms with Crippen LogP contribution in [-0.4, -0.2) is 54.3 Å². The molecule has 1 saturated carbocycles. The summed E-state index contributed by atoms with van der Waals surface area (Å²) in [6.45, 7) is 2.84. The van der Waals surface area contributed by atoms with Crippen molar-refractivity contribution in [3.05, 3.63) is 71.3 Å². The molecule has 2 unspecified atom stereocenters. The molecule has 1 aliphatic carbocycles. The van der Waals surface area contributed by atoms with Gasteiger partial charge in [0.25, 0.3) is 0 Å². The number of nitrogens with zero attached hydrogens (tertiary/aromatic N) is 2. The number of benzene rings is 2. The molecule has 2 aliphatic rings. The van der Waals surface area contributed by atoms with E-state index in [4.69, 9.17) is 0 Å². The number of piperazine rings is 1. The van der Waals surface area contributed by atoms with E-state index < -0.39 is 11.7 Å². The van der Waals surface area contributed by atoms with Crippen LogP contribution in [0.3, 0.4) is 0 Å². The number of carbonyl (C=O) groups excluding carboxylic acids is 2. The summed E-state index contributed by atoms with van der Waals surface area (Å²) < 4.78 is 39.9. The van der Waals surface area contributed by atoms with Gasteiger partial charge in [-0.1, -0.05) is 48.5 Å². The van der Waals surface area contributed by atoms with Gasteiger partial charge in [0, 0.05) is 38.6 Å². The smallest absolute Gasteiger partial charge is 0.351 e. The lowest BCUT2D eigenvalue weighted by Gasteiger charge is -2.34. The van der Waals surface area contributed by atoms with Crippen molar-refractivity contribution in [2.24, 2.45) is 5.92 Å². The molecular weight excluding hydrogens is 419 g/mol. The van der Waals surface area contributed by atoms with Crippen LogP contribution in [0.4, 0.5) is 13.2 Å². The van der Waals surface area contributed by atoms with E-state index in [2.05, 4.69) is 5.32 Å². The molecule has 0 spiro atoms. The second-order valence-corrected chi connectivity index (χ2v) is 8.40. The molecule has 4 rings (SSSR count). The molecule has 0 aromatic heterocycles. The average Bonchev–Trinajstić information content (AvgIpc) is 3.59. The molecule has 0 bridgehead atoms. The molecule has 5 nitrogen and oxygen atoms in total. The second kappa shape index (κ2) is 9.32. The normalized spacial score (nSPS) is 21.3. The van der Waals surface area contributed by atoms with Gasteiger partial charge in [-0.2, -0.15) is 13.2 Å². The number of amides is 2. The van der Waals surface area contributed by atoms with Gasteiger partial charge in [0.2, 0.25) is 11.8 Å². The van der Waals surface area contributed by atoms with Crippen molar-refractivity contribution in [1.29, 1.82) is 0 Å². The predicted octanol–water partition coefficient (Wildman–Crippen LogP) is 3.27. The second-order valence-electron chi connectivity index (χ2n) is 8.40. The van der Waals surface area contributed by atoms with E-state index in [0.717, 1.165) is 11.6 Å². The Bertz CT molecular complexity index is 956. The van der Waals surface area contributed by atoms with Crippen molar-refractivity contribution < 1.29 is 22.8 Å². The van der Waals surface area contributed by atoms with Crippen LogP contribution in [0, 0.1) is 5.92 Å². The Morgan fingerprint density at radius 3 is 2.28 bits per heavy atom. The SMILES string of the molecule is O=C(CN1CCN(C(=O)C2CC2c2ccccc2C(F)(F)F)CC1)NCc1ccccc1. The van der Waals surface area contributed by atoms with E-state index in [1.807, 2.05) is 35.2 Å². The number of nitrogens with one attached hydrogen (secondary N) is 1. The number of alkyl halides is 3. The zero-order valence-corrected chi connectivity index (χ0v) is 17.6. The van der Waals surface area contributed by atoms with Gasteiger partial charge in [-0.15, -0.1) is 0 Å². The highest BCUT2D eigenvalue weighted by Crippen LogP contribution is 2.51. The molecule has 2 aromatic rings. The van der Waals surface area contributed by atoms with Crippen molar-refractivity contribution in [3.8, 4) is 0 Å². The third kappa shape index (κ3) is 5.30. The Morgan fingerprint density at radius 2 is 1.59 bits per heavy atom. The molecule has 1 saturated heterocycles. The monoisotopic (exact) mass is 445 g/mol. The zero-order chi connectivity index (χ0) is 22.7. The van der Waals surface area contributed by atoms with E-state index >= 15 is 0 Å². The molecular formula is C24H26F3N3O2. The van der Waals surface area contributed by atoms with E-state index in [1.54, 1.807) is 11.0 Å². The molecule has 1 N–H and O–H groups in total. The third-order valence-electron chi connectivity index (χ3n) is 6.16. The van der Waals surface area contributed by atoms with Gasteiger partial charge < -0.3 is 10.2 Å². The number of hydrogen-bond acceptors (Lipinski definition) is 3. The van der Waals surface area contributed by atoms with Crippen LogP contribution >= 0.6 is 0 Å². The first kappa shape index (κ1) is 22.3. The van der Waals surface area contributed by atoms with E-state index in [0.29, 0.717) is 39.1 Å². The first-order valence-electron chi connectivity index (χ1n) is 10.8. The van der Waals surface area contributed by atoms with Crippen molar-refractivity contribution in [1.82, 2.24) is 15.1 Å². The number of halogens is 3. The topological polar surface area (TPSA) is 52.7 Å². The van der Waals surface area contributed by atoms with Gasteiger partial charge in [-0.25, -0.2) is 0 Å². The summed E-state index contributed by atoms with van der Waals surface area (Å²) in [5.74, 6) is -0.916. The van der Waals surface area contributed by atoms with Crippen LogP contribution in [0.5, 0.6) is 0 Å². The van der Waals surface area contributed by atoms with Crippen LogP contribution < -0.4 is 5.32 Å². The molecule has 1 heterocycles. The minimum Gasteiger partial charge on any atom is -0.351 e. The fraction of sp³-hybridized carbons (Fsp3) is 0.417. The summed E-state index contributed by atoms with van der Waals surface area (Å²) in [7, 11) is 0. The Kier molecular flexibility index (Phi) is 6.50. The molecule has 8 heteroatoms. The molecule has 2 aromatic carbocycles. The third-order valence-corrected chi connectivity index (χ3v) is 6.16. The molecule has 2 atom stereocenters. The highest BCUT2D eigenvalue weighted by Gasteiger charge is 2.49. The largest absolute Gasteiger partial charge is 0.416 e. The summed E-state index contributed by atoms with van der Waals surface area (Å²) in [6.07, 6.45) is -3.96. The predicted molar refractivity (Wildman–Crippen MR) is 114 cm³/mol. The number of carbonyl (C=O) groups is 2. The van der Waals surface area contributed by atoms with E-state index in [9.17, 15) is 22.8 Å². The lowest BCUT2D eigenvalue weighted by atomic mass is 10.0. The molecule has 170 valence electrons. The van der Waals surface area contributed by atoms with Gasteiger partial charge >= 0.3 is 6.18 Å². The Labute approximate surface area is 185 Å². The Hall–Kier alpha value is -2.87. The summed E-state index contributed by atoms with van der Waals surface area (Å²) >= 11 is 0.